The number of ether oxygens (including phenoxy) is 2. The van der Waals surface area contributed by atoms with E-state index in [-0.39, 0.29) is 30.9 Å². The van der Waals surface area contributed by atoms with Gasteiger partial charge in [-0.1, -0.05) is 38.2 Å². The highest BCUT2D eigenvalue weighted by Crippen LogP contribution is 2.59. The van der Waals surface area contributed by atoms with E-state index in [1.54, 1.807) is 9.80 Å². The average molecular weight is 657 g/mol. The predicted octanol–water partition coefficient (Wildman–Crippen LogP) is 4.57. The fourth-order valence-corrected chi connectivity index (χ4v) is 8.29. The van der Waals surface area contributed by atoms with Crippen molar-refractivity contribution in [2.45, 2.75) is 70.7 Å². The van der Waals surface area contributed by atoms with Gasteiger partial charge in [0.2, 0.25) is 11.8 Å². The number of benzene rings is 2. The van der Waals surface area contributed by atoms with Crippen LogP contribution in [0.5, 0.6) is 5.75 Å². The van der Waals surface area contributed by atoms with E-state index in [0.717, 1.165) is 18.8 Å². The van der Waals surface area contributed by atoms with Gasteiger partial charge in [0.1, 0.15) is 17.4 Å². The van der Waals surface area contributed by atoms with E-state index in [1.165, 1.54) is 4.90 Å². The molecule has 2 fully saturated rings. The van der Waals surface area contributed by atoms with Crippen LogP contribution in [0.2, 0.25) is 0 Å². The van der Waals surface area contributed by atoms with Gasteiger partial charge >= 0.3 is 0 Å². The van der Waals surface area contributed by atoms with Gasteiger partial charge in [-0.05, 0) is 82.1 Å². The van der Waals surface area contributed by atoms with Gasteiger partial charge in [0, 0.05) is 43.2 Å². The SMILES string of the molecule is CCOc1ccc(N2CC=C[C@@]3(CC)O[C@]45C=CCN(c6ccc(N(CC)CC)cc6)C(=O)C4N([C@@H](CC)CO)C(=O)[C@@H]5[C@H]3C2=O)cc1. The number of amides is 3. The molecule has 1 spiro atoms. The molecule has 2 aromatic rings. The standard InChI is InChI=1S/C38H48N4O6/c1-6-26(25-43)42-33-36(46)41(28-15-13-27(14-16-28)39(8-3)9-4)24-12-22-38(33)32(35(42)45)31-34(44)40(23-11-21-37(31,7-2)48-38)29-17-19-30(20-18-29)47-10-5/h11-22,26,31-33,43H,6-10,23-25H2,1-5H3/t26-,31-,32-,33?,37+,38-/m0/s1. The Hall–Kier alpha value is -4.15. The monoisotopic (exact) mass is 656 g/mol. The summed E-state index contributed by atoms with van der Waals surface area (Å²) in [6, 6.07) is 13.6. The Morgan fingerprint density at radius 2 is 1.44 bits per heavy atom. The molecule has 0 radical (unpaired) electrons. The van der Waals surface area contributed by atoms with Crippen molar-refractivity contribution in [3.05, 3.63) is 72.8 Å². The van der Waals surface area contributed by atoms with Crippen LogP contribution in [0.15, 0.2) is 72.8 Å². The van der Waals surface area contributed by atoms with E-state index >= 15 is 0 Å². The number of aliphatic hydroxyl groups is 1. The number of hydrogen-bond acceptors (Lipinski definition) is 7. The van der Waals surface area contributed by atoms with Gasteiger partial charge < -0.3 is 34.2 Å². The molecule has 0 aromatic heterocycles. The maximum absolute atomic E-state index is 14.9. The zero-order valence-corrected chi connectivity index (χ0v) is 28.7. The number of carbonyl (C=O) groups excluding carboxylic acids is 3. The topological polar surface area (TPSA) is 103 Å². The fraction of sp³-hybridized carbons (Fsp3) is 0.500. The van der Waals surface area contributed by atoms with Gasteiger partial charge in [-0.2, -0.15) is 0 Å². The molecule has 4 aliphatic rings. The highest BCUT2D eigenvalue weighted by molar-refractivity contribution is 6.07. The summed E-state index contributed by atoms with van der Waals surface area (Å²) in [6.45, 7) is 12.5. The van der Waals surface area contributed by atoms with Crippen LogP contribution in [0, 0.1) is 11.8 Å². The van der Waals surface area contributed by atoms with Crippen molar-refractivity contribution < 1.29 is 29.0 Å². The van der Waals surface area contributed by atoms with Crippen LogP contribution in [0.1, 0.15) is 47.5 Å². The molecule has 4 aliphatic heterocycles. The summed E-state index contributed by atoms with van der Waals surface area (Å²) in [5.41, 5.74) is -0.0501. The Balaban J connectivity index is 1.44. The van der Waals surface area contributed by atoms with Crippen LogP contribution in [-0.2, 0) is 19.1 Å². The second-order valence-corrected chi connectivity index (χ2v) is 12.9. The maximum Gasteiger partial charge on any atom is 0.253 e. The zero-order chi connectivity index (χ0) is 34.2. The average Bonchev–Trinajstić information content (AvgIpc) is 3.39. The number of aliphatic hydroxyl groups excluding tert-OH is 1. The van der Waals surface area contributed by atoms with E-state index in [0.29, 0.717) is 43.1 Å². The van der Waals surface area contributed by atoms with Crippen LogP contribution in [0.25, 0.3) is 0 Å². The molecule has 2 saturated heterocycles. The Morgan fingerprint density at radius 3 is 2.00 bits per heavy atom. The van der Waals surface area contributed by atoms with Crippen molar-refractivity contribution in [2.75, 3.05) is 54.1 Å². The molecule has 3 amide bonds. The molecule has 0 aliphatic carbocycles. The highest BCUT2D eigenvalue weighted by Gasteiger charge is 2.76. The second kappa shape index (κ2) is 13.4. The summed E-state index contributed by atoms with van der Waals surface area (Å²) in [7, 11) is 0. The highest BCUT2D eigenvalue weighted by atomic mass is 16.5. The third-order valence-corrected chi connectivity index (χ3v) is 10.7. The normalized spacial score (nSPS) is 28.6. The minimum Gasteiger partial charge on any atom is -0.494 e. The Morgan fingerprint density at radius 1 is 0.833 bits per heavy atom. The molecule has 0 bridgehead atoms. The van der Waals surface area contributed by atoms with Gasteiger partial charge in [-0.15, -0.1) is 0 Å². The number of likely N-dealkylation sites (tertiary alicyclic amines) is 1. The summed E-state index contributed by atoms with van der Waals surface area (Å²) in [5, 5.41) is 10.5. The first-order valence-corrected chi connectivity index (χ1v) is 17.4. The summed E-state index contributed by atoms with van der Waals surface area (Å²) in [6.07, 6.45) is 8.50. The van der Waals surface area contributed by atoms with Crippen molar-refractivity contribution in [3.8, 4) is 5.75 Å². The van der Waals surface area contributed by atoms with Gasteiger partial charge in [0.15, 0.2) is 0 Å². The maximum atomic E-state index is 14.9. The van der Waals surface area contributed by atoms with E-state index in [4.69, 9.17) is 9.47 Å². The first-order chi connectivity index (χ1) is 23.2. The van der Waals surface area contributed by atoms with E-state index in [1.807, 2.05) is 93.6 Å². The summed E-state index contributed by atoms with van der Waals surface area (Å²) >= 11 is 0. The van der Waals surface area contributed by atoms with Crippen molar-refractivity contribution in [3.63, 3.8) is 0 Å². The lowest BCUT2D eigenvalue weighted by molar-refractivity contribution is -0.149. The van der Waals surface area contributed by atoms with Crippen LogP contribution < -0.4 is 19.4 Å². The summed E-state index contributed by atoms with van der Waals surface area (Å²) in [4.78, 5) is 51.7. The van der Waals surface area contributed by atoms with Crippen LogP contribution in [0.3, 0.4) is 0 Å². The second-order valence-electron chi connectivity index (χ2n) is 12.9. The lowest BCUT2D eigenvalue weighted by atomic mass is 9.73. The summed E-state index contributed by atoms with van der Waals surface area (Å²) < 4.78 is 12.7. The molecule has 10 nitrogen and oxygen atoms in total. The van der Waals surface area contributed by atoms with E-state index < -0.39 is 35.1 Å². The van der Waals surface area contributed by atoms with Gasteiger partial charge in [-0.25, -0.2) is 0 Å². The van der Waals surface area contributed by atoms with E-state index in [2.05, 4.69) is 18.7 Å². The quantitative estimate of drug-likeness (QED) is 0.354. The minimum absolute atomic E-state index is 0.229. The van der Waals surface area contributed by atoms with Crippen molar-refractivity contribution in [2.24, 2.45) is 11.8 Å². The number of nitrogens with zero attached hydrogens (tertiary/aromatic N) is 4. The smallest absolute Gasteiger partial charge is 0.253 e. The number of anilines is 3. The number of fused-ring (bicyclic) bond motifs is 2. The molecule has 1 unspecified atom stereocenters. The Kier molecular flexibility index (Phi) is 9.42. The molecule has 48 heavy (non-hydrogen) atoms. The van der Waals surface area contributed by atoms with Crippen LogP contribution >= 0.6 is 0 Å². The predicted molar refractivity (Wildman–Crippen MR) is 186 cm³/mol. The Bertz CT molecular complexity index is 1570. The van der Waals surface area contributed by atoms with Crippen molar-refractivity contribution in [1.29, 1.82) is 0 Å². The molecule has 1 N–H and O–H groups in total. The zero-order valence-electron chi connectivity index (χ0n) is 28.7. The molecule has 4 heterocycles. The first-order valence-electron chi connectivity index (χ1n) is 17.4. The van der Waals surface area contributed by atoms with Crippen LogP contribution in [0.4, 0.5) is 17.1 Å². The molecule has 0 saturated carbocycles. The van der Waals surface area contributed by atoms with Crippen LogP contribution in [-0.4, -0.2) is 90.4 Å². The van der Waals surface area contributed by atoms with Crippen molar-refractivity contribution in [1.82, 2.24) is 4.90 Å². The minimum atomic E-state index is -1.41. The Labute approximate surface area is 283 Å². The third kappa shape index (κ3) is 5.20. The molecule has 6 atom stereocenters. The first kappa shape index (κ1) is 33.7. The molecular weight excluding hydrogens is 608 g/mol. The van der Waals surface area contributed by atoms with E-state index in [9.17, 15) is 19.5 Å². The van der Waals surface area contributed by atoms with Gasteiger partial charge in [-0.3, -0.25) is 14.4 Å². The molecule has 256 valence electrons. The number of hydrogen-bond donors (Lipinski definition) is 1. The lowest BCUT2D eigenvalue weighted by Gasteiger charge is -2.40. The fourth-order valence-electron chi connectivity index (χ4n) is 8.29. The number of carbonyl (C=O) groups is 3. The molecular formula is C38H48N4O6. The molecule has 6 rings (SSSR count). The molecule has 10 heteroatoms. The third-order valence-electron chi connectivity index (χ3n) is 10.7. The van der Waals surface area contributed by atoms with Gasteiger partial charge in [0.05, 0.1) is 36.7 Å². The van der Waals surface area contributed by atoms with Crippen molar-refractivity contribution >= 4 is 34.8 Å². The largest absolute Gasteiger partial charge is 0.494 e. The molecule has 2 aromatic carbocycles. The van der Waals surface area contributed by atoms with Gasteiger partial charge in [0.25, 0.3) is 5.91 Å². The number of rotatable bonds is 11. The summed E-state index contributed by atoms with van der Waals surface area (Å²) in [5.74, 6) is -2.00. The lowest BCUT2D eigenvalue weighted by Crippen LogP contribution is -2.59.